The van der Waals surface area contributed by atoms with E-state index in [0.717, 1.165) is 30.2 Å². The number of benzene rings is 1. The summed E-state index contributed by atoms with van der Waals surface area (Å²) in [5, 5.41) is 7.46. The van der Waals surface area contributed by atoms with Crippen LogP contribution in [0.15, 0.2) is 18.2 Å². The number of halogens is 1. The van der Waals surface area contributed by atoms with Crippen LogP contribution in [0.2, 0.25) is 0 Å². The van der Waals surface area contributed by atoms with Crippen molar-refractivity contribution in [2.75, 3.05) is 7.05 Å². The lowest BCUT2D eigenvalue weighted by Crippen LogP contribution is -2.13. The Labute approximate surface area is 112 Å². The summed E-state index contributed by atoms with van der Waals surface area (Å²) in [6.45, 7) is 4.50. The molecule has 4 nitrogen and oxygen atoms in total. The van der Waals surface area contributed by atoms with Gasteiger partial charge in [-0.25, -0.2) is 14.1 Å². The lowest BCUT2D eigenvalue weighted by atomic mass is 10.1. The minimum atomic E-state index is -0.220. The van der Waals surface area contributed by atoms with Gasteiger partial charge in [-0.2, -0.15) is 5.10 Å². The van der Waals surface area contributed by atoms with Crippen LogP contribution in [-0.4, -0.2) is 21.8 Å². The van der Waals surface area contributed by atoms with Crippen molar-refractivity contribution in [3.63, 3.8) is 0 Å². The highest BCUT2D eigenvalue weighted by Gasteiger charge is 2.14. The van der Waals surface area contributed by atoms with Crippen LogP contribution in [0, 0.1) is 5.82 Å². The third-order valence-corrected chi connectivity index (χ3v) is 3.03. The number of nitrogens with one attached hydrogen (secondary N) is 1. The van der Waals surface area contributed by atoms with Crippen LogP contribution in [0.25, 0.3) is 5.69 Å². The van der Waals surface area contributed by atoms with E-state index in [4.69, 9.17) is 0 Å². The van der Waals surface area contributed by atoms with Crippen LogP contribution in [0.5, 0.6) is 0 Å². The smallest absolute Gasteiger partial charge is 0.151 e. The Hall–Kier alpha value is -1.75. The molecule has 2 aromatic rings. The maximum Gasteiger partial charge on any atom is 0.151 e. The zero-order chi connectivity index (χ0) is 13.8. The number of rotatable bonds is 5. The fourth-order valence-corrected chi connectivity index (χ4v) is 2.06. The Morgan fingerprint density at radius 1 is 1.26 bits per heavy atom. The molecule has 19 heavy (non-hydrogen) atoms. The summed E-state index contributed by atoms with van der Waals surface area (Å²) in [7, 11) is 1.80. The van der Waals surface area contributed by atoms with Gasteiger partial charge in [0.2, 0.25) is 0 Å². The van der Waals surface area contributed by atoms with Crippen LogP contribution in [0.3, 0.4) is 0 Å². The molecule has 1 aromatic heterocycles. The van der Waals surface area contributed by atoms with Gasteiger partial charge in [0.1, 0.15) is 11.6 Å². The van der Waals surface area contributed by atoms with Gasteiger partial charge in [-0.1, -0.05) is 19.9 Å². The molecule has 0 unspecified atom stereocenters. The number of hydrogen-bond acceptors (Lipinski definition) is 3. The second-order valence-electron chi connectivity index (χ2n) is 4.33. The van der Waals surface area contributed by atoms with Crippen molar-refractivity contribution in [3.8, 4) is 5.69 Å². The topological polar surface area (TPSA) is 42.7 Å². The standard InChI is InChI=1S/C14H19FN4/c1-4-13-17-14(5-2)19(18-13)12-8-6-7-11(15)10(12)9-16-3/h6-8,16H,4-5,9H2,1-3H3. The summed E-state index contributed by atoms with van der Waals surface area (Å²) in [6.07, 6.45) is 1.54. The minimum absolute atomic E-state index is 0.220. The second kappa shape index (κ2) is 5.93. The van der Waals surface area contributed by atoms with Gasteiger partial charge in [0.15, 0.2) is 5.82 Å². The van der Waals surface area contributed by atoms with Crippen LogP contribution < -0.4 is 5.32 Å². The summed E-state index contributed by atoms with van der Waals surface area (Å²) in [5.74, 6) is 1.43. The van der Waals surface area contributed by atoms with Crippen LogP contribution >= 0.6 is 0 Å². The van der Waals surface area contributed by atoms with E-state index < -0.39 is 0 Å². The molecule has 0 atom stereocenters. The molecule has 1 heterocycles. The molecule has 0 radical (unpaired) electrons. The Balaban J connectivity index is 2.57. The van der Waals surface area contributed by atoms with Gasteiger partial charge >= 0.3 is 0 Å². The molecule has 2 rings (SSSR count). The Morgan fingerprint density at radius 2 is 2.05 bits per heavy atom. The van der Waals surface area contributed by atoms with Gasteiger partial charge in [0, 0.05) is 24.9 Å². The fourth-order valence-electron chi connectivity index (χ4n) is 2.06. The largest absolute Gasteiger partial charge is 0.316 e. The van der Waals surface area contributed by atoms with Gasteiger partial charge in [0.25, 0.3) is 0 Å². The molecule has 0 aliphatic carbocycles. The summed E-state index contributed by atoms with van der Waals surface area (Å²) in [5.41, 5.74) is 1.38. The SMILES string of the molecule is CCc1nc(CC)n(-c2cccc(F)c2CNC)n1. The second-order valence-corrected chi connectivity index (χ2v) is 4.33. The molecule has 1 N–H and O–H groups in total. The minimum Gasteiger partial charge on any atom is -0.316 e. The number of hydrogen-bond donors (Lipinski definition) is 1. The number of nitrogens with zero attached hydrogens (tertiary/aromatic N) is 3. The molecule has 0 spiro atoms. The van der Waals surface area contributed by atoms with Crippen LogP contribution in [0.4, 0.5) is 4.39 Å². The first kappa shape index (κ1) is 13.7. The summed E-state index contributed by atoms with van der Waals surface area (Å²) < 4.78 is 15.7. The van der Waals surface area contributed by atoms with Crippen molar-refractivity contribution in [1.82, 2.24) is 20.1 Å². The van der Waals surface area contributed by atoms with E-state index >= 15 is 0 Å². The van der Waals surface area contributed by atoms with Gasteiger partial charge in [-0.15, -0.1) is 0 Å². The number of aryl methyl sites for hydroxylation is 2. The van der Waals surface area contributed by atoms with Crippen molar-refractivity contribution in [2.24, 2.45) is 0 Å². The van der Waals surface area contributed by atoms with Crippen molar-refractivity contribution in [3.05, 3.63) is 41.2 Å². The fraction of sp³-hybridized carbons (Fsp3) is 0.429. The lowest BCUT2D eigenvalue weighted by molar-refractivity contribution is 0.595. The van der Waals surface area contributed by atoms with Gasteiger partial charge < -0.3 is 5.32 Å². The quantitative estimate of drug-likeness (QED) is 0.898. The predicted octanol–water partition coefficient (Wildman–Crippen LogP) is 2.25. The zero-order valence-electron chi connectivity index (χ0n) is 11.6. The first-order chi connectivity index (χ1) is 9.21. The van der Waals surface area contributed by atoms with Crippen molar-refractivity contribution < 1.29 is 4.39 Å². The third-order valence-electron chi connectivity index (χ3n) is 3.03. The molecule has 0 saturated carbocycles. The van der Waals surface area contributed by atoms with Crippen molar-refractivity contribution in [2.45, 2.75) is 33.2 Å². The van der Waals surface area contributed by atoms with E-state index in [2.05, 4.69) is 15.4 Å². The summed E-state index contributed by atoms with van der Waals surface area (Å²) in [4.78, 5) is 4.46. The van der Waals surface area contributed by atoms with E-state index in [0.29, 0.717) is 12.1 Å². The maximum atomic E-state index is 13.9. The Kier molecular flexibility index (Phi) is 4.27. The van der Waals surface area contributed by atoms with Crippen LogP contribution in [0.1, 0.15) is 31.1 Å². The maximum absolute atomic E-state index is 13.9. The molecule has 5 heteroatoms. The average molecular weight is 262 g/mol. The molecule has 0 fully saturated rings. The molecule has 1 aromatic carbocycles. The van der Waals surface area contributed by atoms with Gasteiger partial charge in [-0.3, -0.25) is 0 Å². The Bertz CT molecular complexity index is 563. The normalized spacial score (nSPS) is 10.9. The average Bonchev–Trinajstić information content (AvgIpc) is 2.84. The van der Waals surface area contributed by atoms with E-state index in [9.17, 15) is 4.39 Å². The van der Waals surface area contributed by atoms with E-state index in [1.54, 1.807) is 17.8 Å². The first-order valence-electron chi connectivity index (χ1n) is 6.58. The van der Waals surface area contributed by atoms with E-state index in [1.807, 2.05) is 19.9 Å². The molecule has 0 aliphatic rings. The molecule has 0 aliphatic heterocycles. The summed E-state index contributed by atoms with van der Waals surface area (Å²) in [6, 6.07) is 5.05. The van der Waals surface area contributed by atoms with Crippen molar-refractivity contribution >= 4 is 0 Å². The van der Waals surface area contributed by atoms with Crippen molar-refractivity contribution in [1.29, 1.82) is 0 Å². The van der Waals surface area contributed by atoms with Gasteiger partial charge in [0.05, 0.1) is 5.69 Å². The third kappa shape index (κ3) is 2.66. The number of aromatic nitrogens is 3. The highest BCUT2D eigenvalue weighted by molar-refractivity contribution is 5.42. The molecule has 0 amide bonds. The highest BCUT2D eigenvalue weighted by Crippen LogP contribution is 2.19. The zero-order valence-corrected chi connectivity index (χ0v) is 11.6. The molecular formula is C14H19FN4. The summed E-state index contributed by atoms with van der Waals surface area (Å²) >= 11 is 0. The van der Waals surface area contributed by atoms with E-state index in [1.165, 1.54) is 6.07 Å². The monoisotopic (exact) mass is 262 g/mol. The van der Waals surface area contributed by atoms with Gasteiger partial charge in [-0.05, 0) is 19.2 Å². The molecule has 0 bridgehead atoms. The first-order valence-corrected chi connectivity index (χ1v) is 6.58. The molecular weight excluding hydrogens is 243 g/mol. The molecule has 0 saturated heterocycles. The van der Waals surface area contributed by atoms with E-state index in [-0.39, 0.29) is 5.82 Å². The molecule has 102 valence electrons. The predicted molar refractivity (Wildman–Crippen MR) is 72.8 cm³/mol. The highest BCUT2D eigenvalue weighted by atomic mass is 19.1. The van der Waals surface area contributed by atoms with Crippen LogP contribution in [-0.2, 0) is 19.4 Å². The Morgan fingerprint density at radius 3 is 2.68 bits per heavy atom. The lowest BCUT2D eigenvalue weighted by Gasteiger charge is -2.11.